The summed E-state index contributed by atoms with van der Waals surface area (Å²) in [5.74, 6) is 0.669. The molecule has 0 radical (unpaired) electrons. The van der Waals surface area contributed by atoms with E-state index in [1.54, 1.807) is 6.20 Å². The zero-order chi connectivity index (χ0) is 11.3. The molecule has 84 valence electrons. The highest BCUT2D eigenvalue weighted by atomic mass is 16.5. The maximum absolute atomic E-state index is 5.56. The van der Waals surface area contributed by atoms with Crippen LogP contribution in [-0.4, -0.2) is 11.6 Å². The Labute approximate surface area is 91.7 Å². The molecule has 0 fully saturated rings. The molecule has 0 spiro atoms. The average molecular weight is 208 g/mol. The number of nitrogens with two attached hydrogens (primary N) is 1. The lowest BCUT2D eigenvalue weighted by Gasteiger charge is -2.17. The number of hydrogen-bond acceptors (Lipinski definition) is 3. The van der Waals surface area contributed by atoms with Crippen molar-refractivity contribution in [1.29, 1.82) is 0 Å². The topological polar surface area (TPSA) is 48.1 Å². The van der Waals surface area contributed by atoms with Crippen molar-refractivity contribution >= 4 is 0 Å². The van der Waals surface area contributed by atoms with Crippen molar-refractivity contribution in [3.8, 4) is 5.88 Å². The van der Waals surface area contributed by atoms with Gasteiger partial charge < -0.3 is 10.5 Å². The molecule has 0 aliphatic carbocycles. The van der Waals surface area contributed by atoms with Crippen LogP contribution in [0.25, 0.3) is 0 Å². The van der Waals surface area contributed by atoms with Crippen LogP contribution in [0.2, 0.25) is 0 Å². The summed E-state index contributed by atoms with van der Waals surface area (Å²) >= 11 is 0. The van der Waals surface area contributed by atoms with Gasteiger partial charge in [-0.3, -0.25) is 0 Å². The molecule has 1 aromatic rings. The van der Waals surface area contributed by atoms with E-state index in [4.69, 9.17) is 10.5 Å². The second kappa shape index (κ2) is 5.12. The number of nitrogens with zero attached hydrogens (tertiary/aromatic N) is 1. The highest BCUT2D eigenvalue weighted by Gasteiger charge is 2.10. The number of ether oxygens (including phenoxy) is 1. The third-order valence-corrected chi connectivity index (χ3v) is 2.14. The summed E-state index contributed by atoms with van der Waals surface area (Å²) in [6.45, 7) is 7.81. The van der Waals surface area contributed by atoms with Gasteiger partial charge in [-0.15, -0.1) is 0 Å². The van der Waals surface area contributed by atoms with Crippen LogP contribution in [0.4, 0.5) is 0 Å². The van der Waals surface area contributed by atoms with Crippen LogP contribution >= 0.6 is 0 Å². The molecule has 0 atom stereocenters. The lowest BCUT2D eigenvalue weighted by atomic mass is 9.93. The fraction of sp³-hybridized carbons (Fsp3) is 0.583. The van der Waals surface area contributed by atoms with Gasteiger partial charge in [0.25, 0.3) is 0 Å². The lowest BCUT2D eigenvalue weighted by Crippen LogP contribution is -2.11. The third-order valence-electron chi connectivity index (χ3n) is 2.14. The van der Waals surface area contributed by atoms with Crippen LogP contribution in [0.15, 0.2) is 18.3 Å². The van der Waals surface area contributed by atoms with Crippen molar-refractivity contribution in [3.05, 3.63) is 23.9 Å². The van der Waals surface area contributed by atoms with Crippen molar-refractivity contribution in [1.82, 2.24) is 4.98 Å². The number of aromatic nitrogens is 1. The highest BCUT2D eigenvalue weighted by molar-refractivity contribution is 5.19. The molecule has 3 heteroatoms. The molecule has 1 aromatic heterocycles. The first kappa shape index (κ1) is 12.0. The monoisotopic (exact) mass is 208 g/mol. The second-order valence-corrected chi connectivity index (χ2v) is 4.87. The molecule has 1 heterocycles. The summed E-state index contributed by atoms with van der Waals surface area (Å²) in [6, 6.07) is 3.79. The van der Waals surface area contributed by atoms with Crippen LogP contribution in [0.1, 0.15) is 32.8 Å². The number of hydrogen-bond donors (Lipinski definition) is 1. The van der Waals surface area contributed by atoms with Crippen molar-refractivity contribution < 1.29 is 4.74 Å². The van der Waals surface area contributed by atoms with E-state index in [2.05, 4.69) is 25.8 Å². The summed E-state index contributed by atoms with van der Waals surface area (Å²) in [4.78, 5) is 4.13. The smallest absolute Gasteiger partial charge is 0.213 e. The van der Waals surface area contributed by atoms with E-state index in [9.17, 15) is 0 Å². The summed E-state index contributed by atoms with van der Waals surface area (Å²) in [6.07, 6.45) is 2.75. The standard InChI is InChI=1S/C12H20N2O/c1-12(2,3)5-7-15-11-8-10(9-13)4-6-14-11/h4,6,8H,5,7,9,13H2,1-3H3. The van der Waals surface area contributed by atoms with Crippen LogP contribution in [-0.2, 0) is 6.54 Å². The molecular weight excluding hydrogens is 188 g/mol. The Bertz CT molecular complexity index is 305. The van der Waals surface area contributed by atoms with Crippen LogP contribution in [0, 0.1) is 5.41 Å². The van der Waals surface area contributed by atoms with Gasteiger partial charge in [0.1, 0.15) is 0 Å². The molecule has 0 bridgehead atoms. The van der Waals surface area contributed by atoms with E-state index in [1.807, 2.05) is 12.1 Å². The Hall–Kier alpha value is -1.09. The number of pyridine rings is 1. The lowest BCUT2D eigenvalue weighted by molar-refractivity contribution is 0.236. The number of rotatable bonds is 4. The molecule has 0 amide bonds. The van der Waals surface area contributed by atoms with Crippen LogP contribution in [0.3, 0.4) is 0 Å². The zero-order valence-electron chi connectivity index (χ0n) is 9.79. The minimum Gasteiger partial charge on any atom is -0.478 e. The molecule has 0 unspecified atom stereocenters. The Morgan fingerprint density at radius 1 is 1.40 bits per heavy atom. The second-order valence-electron chi connectivity index (χ2n) is 4.87. The normalized spacial score (nSPS) is 11.5. The van der Waals surface area contributed by atoms with Gasteiger partial charge in [0.15, 0.2) is 0 Å². The molecule has 0 aromatic carbocycles. The quantitative estimate of drug-likeness (QED) is 0.826. The van der Waals surface area contributed by atoms with Gasteiger partial charge in [0.2, 0.25) is 5.88 Å². The Morgan fingerprint density at radius 2 is 2.13 bits per heavy atom. The van der Waals surface area contributed by atoms with Crippen molar-refractivity contribution in [2.24, 2.45) is 11.1 Å². The van der Waals surface area contributed by atoms with E-state index in [0.717, 1.165) is 12.0 Å². The average Bonchev–Trinajstić information content (AvgIpc) is 2.16. The van der Waals surface area contributed by atoms with Gasteiger partial charge in [0.05, 0.1) is 6.61 Å². The predicted octanol–water partition coefficient (Wildman–Crippen LogP) is 2.36. The summed E-state index contributed by atoms with van der Waals surface area (Å²) in [7, 11) is 0. The highest BCUT2D eigenvalue weighted by Crippen LogP contribution is 2.19. The Balaban J connectivity index is 2.44. The van der Waals surface area contributed by atoms with Crippen LogP contribution < -0.4 is 10.5 Å². The predicted molar refractivity (Wildman–Crippen MR) is 61.7 cm³/mol. The molecule has 0 saturated heterocycles. The van der Waals surface area contributed by atoms with E-state index in [0.29, 0.717) is 24.4 Å². The summed E-state index contributed by atoms with van der Waals surface area (Å²) < 4.78 is 5.56. The first-order valence-corrected chi connectivity index (χ1v) is 5.29. The minimum atomic E-state index is 0.297. The molecular formula is C12H20N2O. The summed E-state index contributed by atoms with van der Waals surface area (Å²) in [5.41, 5.74) is 6.88. The molecule has 0 aliphatic heterocycles. The molecule has 3 nitrogen and oxygen atoms in total. The fourth-order valence-electron chi connectivity index (χ4n) is 1.12. The fourth-order valence-corrected chi connectivity index (χ4v) is 1.12. The van der Waals surface area contributed by atoms with Crippen molar-refractivity contribution in [2.75, 3.05) is 6.61 Å². The maximum atomic E-state index is 5.56. The Kier molecular flexibility index (Phi) is 4.09. The molecule has 0 saturated carbocycles. The molecule has 15 heavy (non-hydrogen) atoms. The first-order chi connectivity index (χ1) is 7.01. The van der Waals surface area contributed by atoms with Gasteiger partial charge in [0, 0.05) is 18.8 Å². The largest absolute Gasteiger partial charge is 0.478 e. The van der Waals surface area contributed by atoms with Crippen LogP contribution in [0.5, 0.6) is 5.88 Å². The van der Waals surface area contributed by atoms with Crippen molar-refractivity contribution in [3.63, 3.8) is 0 Å². The van der Waals surface area contributed by atoms with E-state index < -0.39 is 0 Å². The summed E-state index contributed by atoms with van der Waals surface area (Å²) in [5, 5.41) is 0. The van der Waals surface area contributed by atoms with Crippen molar-refractivity contribution in [2.45, 2.75) is 33.7 Å². The van der Waals surface area contributed by atoms with E-state index in [-0.39, 0.29) is 0 Å². The maximum Gasteiger partial charge on any atom is 0.213 e. The Morgan fingerprint density at radius 3 is 2.73 bits per heavy atom. The van der Waals surface area contributed by atoms with E-state index >= 15 is 0 Å². The van der Waals surface area contributed by atoms with Gasteiger partial charge in [-0.05, 0) is 23.5 Å². The van der Waals surface area contributed by atoms with Gasteiger partial charge >= 0.3 is 0 Å². The van der Waals surface area contributed by atoms with E-state index in [1.165, 1.54) is 0 Å². The molecule has 1 rings (SSSR count). The first-order valence-electron chi connectivity index (χ1n) is 5.29. The van der Waals surface area contributed by atoms with Gasteiger partial charge in [-0.25, -0.2) is 4.98 Å². The zero-order valence-corrected chi connectivity index (χ0v) is 9.79. The molecule has 0 aliphatic rings. The van der Waals surface area contributed by atoms with Gasteiger partial charge in [-0.1, -0.05) is 20.8 Å². The third kappa shape index (κ3) is 4.79. The SMILES string of the molecule is CC(C)(C)CCOc1cc(CN)ccn1. The minimum absolute atomic E-state index is 0.297. The van der Waals surface area contributed by atoms with Gasteiger partial charge in [-0.2, -0.15) is 0 Å². The molecule has 2 N–H and O–H groups in total.